The fraction of sp³-hybridized carbons (Fsp3) is 0.647. The third-order valence-electron chi connectivity index (χ3n) is 4.63. The number of nitrogens with zero attached hydrogens (tertiary/aromatic N) is 1. The second kappa shape index (κ2) is 6.47. The maximum atomic E-state index is 12.4. The first kappa shape index (κ1) is 16.5. The molecule has 1 fully saturated rings. The molecule has 0 bridgehead atoms. The topological polar surface area (TPSA) is 42.0 Å². The van der Waals surface area contributed by atoms with E-state index >= 15 is 0 Å². The maximum Gasteiger partial charge on any atom is 0.227 e. The van der Waals surface area contributed by atoms with Crippen molar-refractivity contribution in [3.63, 3.8) is 0 Å². The molecule has 0 spiro atoms. The molecule has 3 nitrogen and oxygen atoms in total. The van der Waals surface area contributed by atoms with Gasteiger partial charge in [0.1, 0.15) is 4.60 Å². The van der Waals surface area contributed by atoms with Crippen LogP contribution in [-0.4, -0.2) is 10.9 Å². The van der Waals surface area contributed by atoms with E-state index in [4.69, 9.17) is 0 Å². The number of aryl methyl sites for hydroxylation is 1. The van der Waals surface area contributed by atoms with Crippen LogP contribution in [0.15, 0.2) is 16.7 Å². The molecule has 1 aromatic heterocycles. The molecule has 1 aromatic rings. The summed E-state index contributed by atoms with van der Waals surface area (Å²) in [5.74, 6) is 1.03. The lowest BCUT2D eigenvalue weighted by Crippen LogP contribution is -2.31. The minimum Gasteiger partial charge on any atom is -0.324 e. The Balaban J connectivity index is 1.93. The number of amides is 1. The predicted octanol–water partition coefficient (Wildman–Crippen LogP) is 4.94. The van der Waals surface area contributed by atoms with Crippen LogP contribution in [0.5, 0.6) is 0 Å². The zero-order valence-electron chi connectivity index (χ0n) is 13.4. The second-order valence-corrected chi connectivity index (χ2v) is 7.98. The summed E-state index contributed by atoms with van der Waals surface area (Å²) in [6.07, 6.45) is 4.30. The van der Waals surface area contributed by atoms with Crippen LogP contribution in [0.4, 0.5) is 5.69 Å². The van der Waals surface area contributed by atoms with Gasteiger partial charge in [-0.1, -0.05) is 20.8 Å². The van der Waals surface area contributed by atoms with E-state index in [1.165, 1.54) is 0 Å². The van der Waals surface area contributed by atoms with E-state index in [9.17, 15) is 4.79 Å². The second-order valence-electron chi connectivity index (χ2n) is 7.17. The zero-order chi connectivity index (χ0) is 15.6. The lowest BCUT2D eigenvalue weighted by molar-refractivity contribution is -0.121. The Labute approximate surface area is 136 Å². The van der Waals surface area contributed by atoms with E-state index in [2.05, 4.69) is 47.0 Å². The molecule has 21 heavy (non-hydrogen) atoms. The highest BCUT2D eigenvalue weighted by Gasteiger charge is 2.32. The Bertz CT molecular complexity index is 514. The van der Waals surface area contributed by atoms with Gasteiger partial charge < -0.3 is 5.32 Å². The predicted molar refractivity (Wildman–Crippen MR) is 90.2 cm³/mol. The molecule has 1 N–H and O–H groups in total. The van der Waals surface area contributed by atoms with Gasteiger partial charge >= 0.3 is 0 Å². The molecular formula is C17H25BrN2O. The fourth-order valence-electron chi connectivity index (χ4n) is 3.12. The number of carbonyl (C=O) groups excluding carboxylic acids is 1. The Morgan fingerprint density at radius 1 is 1.24 bits per heavy atom. The van der Waals surface area contributed by atoms with Gasteiger partial charge in [0.05, 0.1) is 11.4 Å². The van der Waals surface area contributed by atoms with Crippen LogP contribution in [0.2, 0.25) is 0 Å². The smallest absolute Gasteiger partial charge is 0.227 e. The minimum absolute atomic E-state index is 0.145. The minimum atomic E-state index is 0.145. The average Bonchev–Trinajstić information content (AvgIpc) is 2.41. The molecule has 1 aliphatic rings. The fourth-order valence-corrected chi connectivity index (χ4v) is 3.52. The third-order valence-corrected chi connectivity index (χ3v) is 5.07. The Kier molecular flexibility index (Phi) is 5.07. The number of carbonyl (C=O) groups is 1. The first-order valence-electron chi connectivity index (χ1n) is 7.71. The molecule has 1 heterocycles. The van der Waals surface area contributed by atoms with E-state index in [1.54, 1.807) is 0 Å². The molecule has 116 valence electrons. The number of hydrogen-bond donors (Lipinski definition) is 1. The Hall–Kier alpha value is -0.900. The summed E-state index contributed by atoms with van der Waals surface area (Å²) in [6.45, 7) is 8.82. The number of pyridine rings is 1. The Morgan fingerprint density at radius 2 is 1.86 bits per heavy atom. The number of aromatic nitrogens is 1. The van der Waals surface area contributed by atoms with Crippen molar-refractivity contribution in [3.05, 3.63) is 22.4 Å². The van der Waals surface area contributed by atoms with Gasteiger partial charge in [-0.2, -0.15) is 0 Å². The largest absolute Gasteiger partial charge is 0.324 e. The summed E-state index contributed by atoms with van der Waals surface area (Å²) in [4.78, 5) is 16.7. The first-order valence-corrected chi connectivity index (χ1v) is 8.50. The van der Waals surface area contributed by atoms with Crippen molar-refractivity contribution in [2.45, 2.75) is 53.4 Å². The first-order chi connectivity index (χ1) is 9.77. The number of halogens is 1. The molecule has 0 saturated heterocycles. The van der Waals surface area contributed by atoms with E-state index in [0.29, 0.717) is 5.41 Å². The lowest BCUT2D eigenvalue weighted by Gasteiger charge is -2.36. The van der Waals surface area contributed by atoms with Crippen molar-refractivity contribution in [2.24, 2.45) is 17.3 Å². The van der Waals surface area contributed by atoms with Gasteiger partial charge in [-0.25, -0.2) is 4.98 Å². The molecule has 0 radical (unpaired) electrons. The standard InChI is InChI=1S/C17H25BrN2O/c1-11-14(9-10-15(18)19-11)20-16(21)12-5-7-13(8-6-12)17(2,3)4/h9-10,12-13H,5-8H2,1-4H3,(H,20,21). The van der Waals surface area contributed by atoms with Crippen LogP contribution >= 0.6 is 15.9 Å². The van der Waals surface area contributed by atoms with Gasteiger partial charge in [0.15, 0.2) is 0 Å². The van der Waals surface area contributed by atoms with Gasteiger partial charge in [-0.3, -0.25) is 4.79 Å². The van der Waals surface area contributed by atoms with Crippen molar-refractivity contribution in [2.75, 3.05) is 5.32 Å². The highest BCUT2D eigenvalue weighted by atomic mass is 79.9. The Morgan fingerprint density at radius 3 is 2.38 bits per heavy atom. The number of hydrogen-bond acceptors (Lipinski definition) is 2. The summed E-state index contributed by atoms with van der Waals surface area (Å²) in [7, 11) is 0. The summed E-state index contributed by atoms with van der Waals surface area (Å²) < 4.78 is 0.795. The quantitative estimate of drug-likeness (QED) is 0.765. The molecule has 0 aromatic carbocycles. The van der Waals surface area contributed by atoms with Gasteiger partial charge in [-0.15, -0.1) is 0 Å². The van der Waals surface area contributed by atoms with Gasteiger partial charge in [0.2, 0.25) is 5.91 Å². The molecule has 0 aliphatic heterocycles. The average molecular weight is 353 g/mol. The zero-order valence-corrected chi connectivity index (χ0v) is 15.0. The summed E-state index contributed by atoms with van der Waals surface area (Å²) in [6, 6.07) is 3.77. The summed E-state index contributed by atoms with van der Waals surface area (Å²) in [5.41, 5.74) is 2.02. The maximum absolute atomic E-state index is 12.4. The molecule has 1 amide bonds. The highest BCUT2D eigenvalue weighted by Crippen LogP contribution is 2.40. The van der Waals surface area contributed by atoms with Crippen molar-refractivity contribution < 1.29 is 4.79 Å². The molecule has 1 saturated carbocycles. The van der Waals surface area contributed by atoms with E-state index in [0.717, 1.165) is 47.6 Å². The van der Waals surface area contributed by atoms with Gasteiger partial charge in [-0.05, 0) is 72.0 Å². The van der Waals surface area contributed by atoms with Crippen molar-refractivity contribution in [3.8, 4) is 0 Å². The van der Waals surface area contributed by atoms with Gasteiger partial charge in [0, 0.05) is 5.92 Å². The van der Waals surface area contributed by atoms with Crippen molar-refractivity contribution in [1.82, 2.24) is 4.98 Å². The summed E-state index contributed by atoms with van der Waals surface area (Å²) >= 11 is 3.34. The molecule has 4 heteroatoms. The third kappa shape index (κ3) is 4.29. The van der Waals surface area contributed by atoms with Gasteiger partial charge in [0.25, 0.3) is 0 Å². The molecule has 2 rings (SSSR count). The molecule has 1 aliphatic carbocycles. The van der Waals surface area contributed by atoms with Crippen molar-refractivity contribution >= 4 is 27.5 Å². The van der Waals surface area contributed by atoms with Crippen LogP contribution in [0.3, 0.4) is 0 Å². The monoisotopic (exact) mass is 352 g/mol. The molecular weight excluding hydrogens is 328 g/mol. The highest BCUT2D eigenvalue weighted by molar-refractivity contribution is 9.10. The van der Waals surface area contributed by atoms with Crippen LogP contribution in [0.1, 0.15) is 52.1 Å². The summed E-state index contributed by atoms with van der Waals surface area (Å²) in [5, 5.41) is 3.04. The van der Waals surface area contributed by atoms with E-state index in [1.807, 2.05) is 19.1 Å². The van der Waals surface area contributed by atoms with Crippen LogP contribution in [0, 0.1) is 24.2 Å². The lowest BCUT2D eigenvalue weighted by atomic mass is 9.69. The van der Waals surface area contributed by atoms with Crippen LogP contribution in [-0.2, 0) is 4.79 Å². The van der Waals surface area contributed by atoms with E-state index in [-0.39, 0.29) is 11.8 Å². The SMILES string of the molecule is Cc1nc(Br)ccc1NC(=O)C1CCC(C(C)(C)C)CC1. The molecule has 0 unspecified atom stereocenters. The number of nitrogens with one attached hydrogen (secondary N) is 1. The van der Waals surface area contributed by atoms with E-state index < -0.39 is 0 Å². The number of anilines is 1. The van der Waals surface area contributed by atoms with Crippen LogP contribution in [0.25, 0.3) is 0 Å². The molecule has 0 atom stereocenters. The van der Waals surface area contributed by atoms with Crippen molar-refractivity contribution in [1.29, 1.82) is 0 Å². The normalized spacial score (nSPS) is 22.9. The number of rotatable bonds is 2. The van der Waals surface area contributed by atoms with Crippen LogP contribution < -0.4 is 5.32 Å².